The summed E-state index contributed by atoms with van der Waals surface area (Å²) in [6, 6.07) is 2.78. The van der Waals surface area contributed by atoms with Crippen LogP contribution in [0.4, 0.5) is 10.5 Å². The van der Waals surface area contributed by atoms with Crippen molar-refractivity contribution in [2.75, 3.05) is 18.4 Å². The molecule has 1 aromatic rings. The normalized spacial score (nSPS) is 15.9. The molecular weight excluding hydrogens is 258 g/mol. The lowest BCUT2D eigenvalue weighted by Gasteiger charge is -2.31. The van der Waals surface area contributed by atoms with Crippen molar-refractivity contribution in [3.05, 3.63) is 24.0 Å². The van der Waals surface area contributed by atoms with E-state index in [0.29, 0.717) is 5.69 Å². The lowest BCUT2D eigenvalue weighted by molar-refractivity contribution is 0.0690. The van der Waals surface area contributed by atoms with Crippen molar-refractivity contribution in [2.24, 2.45) is 5.92 Å². The molecule has 0 unspecified atom stereocenters. The zero-order chi connectivity index (χ0) is 14.5. The van der Waals surface area contributed by atoms with Crippen LogP contribution in [0.1, 0.15) is 36.7 Å². The number of hydrogen-bond donors (Lipinski definition) is 2. The second-order valence-corrected chi connectivity index (χ2v) is 5.01. The van der Waals surface area contributed by atoms with Gasteiger partial charge in [0.05, 0.1) is 11.9 Å². The molecule has 6 nitrogen and oxygen atoms in total. The van der Waals surface area contributed by atoms with E-state index in [1.165, 1.54) is 12.3 Å². The number of carboxylic acids is 1. The van der Waals surface area contributed by atoms with Crippen molar-refractivity contribution < 1.29 is 14.7 Å². The minimum atomic E-state index is -1.08. The summed E-state index contributed by atoms with van der Waals surface area (Å²) < 4.78 is 0. The minimum Gasteiger partial charge on any atom is -0.477 e. The van der Waals surface area contributed by atoms with Crippen LogP contribution in [0.5, 0.6) is 0 Å². The van der Waals surface area contributed by atoms with E-state index in [9.17, 15) is 9.59 Å². The SMILES string of the molecule is CCC1CCN(C(=O)Nc2ccc(C(=O)O)nc2)CC1. The van der Waals surface area contributed by atoms with Gasteiger partial charge >= 0.3 is 12.0 Å². The van der Waals surface area contributed by atoms with E-state index in [2.05, 4.69) is 17.2 Å². The molecule has 0 bridgehead atoms. The smallest absolute Gasteiger partial charge is 0.354 e. The molecule has 2 N–H and O–H groups in total. The van der Waals surface area contributed by atoms with E-state index in [4.69, 9.17) is 5.11 Å². The van der Waals surface area contributed by atoms with Gasteiger partial charge in [-0.2, -0.15) is 0 Å². The Balaban J connectivity index is 1.90. The van der Waals surface area contributed by atoms with Gasteiger partial charge in [-0.1, -0.05) is 13.3 Å². The van der Waals surface area contributed by atoms with Crippen LogP contribution in [-0.2, 0) is 0 Å². The van der Waals surface area contributed by atoms with Crippen molar-refractivity contribution >= 4 is 17.7 Å². The van der Waals surface area contributed by atoms with Crippen molar-refractivity contribution in [3.63, 3.8) is 0 Å². The van der Waals surface area contributed by atoms with Crippen LogP contribution < -0.4 is 5.32 Å². The van der Waals surface area contributed by atoms with E-state index in [0.717, 1.165) is 38.3 Å². The number of likely N-dealkylation sites (tertiary alicyclic amines) is 1. The quantitative estimate of drug-likeness (QED) is 0.889. The molecule has 0 saturated carbocycles. The first-order valence-electron chi connectivity index (χ1n) is 6.85. The highest BCUT2D eigenvalue weighted by atomic mass is 16.4. The van der Waals surface area contributed by atoms with Crippen LogP contribution in [0, 0.1) is 5.92 Å². The molecule has 1 aromatic heterocycles. The largest absolute Gasteiger partial charge is 0.477 e. The standard InChI is InChI=1S/C14H19N3O3/c1-2-10-5-7-17(8-6-10)14(20)16-11-3-4-12(13(18)19)15-9-11/h3-4,9-10H,2,5-8H2,1H3,(H,16,20)(H,18,19). The Bertz CT molecular complexity index is 479. The number of piperidine rings is 1. The Morgan fingerprint density at radius 3 is 2.60 bits per heavy atom. The molecule has 0 atom stereocenters. The third-order valence-corrected chi connectivity index (χ3v) is 3.71. The topological polar surface area (TPSA) is 82.5 Å². The molecule has 1 aliphatic rings. The molecule has 6 heteroatoms. The number of urea groups is 1. The molecule has 0 radical (unpaired) electrons. The van der Waals surface area contributed by atoms with Crippen LogP contribution in [-0.4, -0.2) is 40.1 Å². The molecule has 0 aromatic carbocycles. The van der Waals surface area contributed by atoms with E-state index < -0.39 is 5.97 Å². The van der Waals surface area contributed by atoms with Crippen molar-refractivity contribution in [1.29, 1.82) is 0 Å². The Kier molecular flexibility index (Phi) is 4.55. The number of nitrogens with zero attached hydrogens (tertiary/aromatic N) is 2. The number of nitrogens with one attached hydrogen (secondary N) is 1. The first-order valence-corrected chi connectivity index (χ1v) is 6.85. The Morgan fingerprint density at radius 1 is 1.40 bits per heavy atom. The van der Waals surface area contributed by atoms with E-state index in [1.54, 1.807) is 11.0 Å². The Morgan fingerprint density at radius 2 is 2.10 bits per heavy atom. The summed E-state index contributed by atoms with van der Waals surface area (Å²) in [4.78, 5) is 28.3. The summed E-state index contributed by atoms with van der Waals surface area (Å²) in [5.74, 6) is -0.361. The predicted molar refractivity (Wildman–Crippen MR) is 74.8 cm³/mol. The summed E-state index contributed by atoms with van der Waals surface area (Å²) in [5.41, 5.74) is 0.476. The Hall–Kier alpha value is -2.11. The fourth-order valence-corrected chi connectivity index (χ4v) is 2.34. The molecule has 108 valence electrons. The second-order valence-electron chi connectivity index (χ2n) is 5.01. The fourth-order valence-electron chi connectivity index (χ4n) is 2.34. The molecule has 0 spiro atoms. The maximum Gasteiger partial charge on any atom is 0.354 e. The molecule has 20 heavy (non-hydrogen) atoms. The first-order chi connectivity index (χ1) is 9.60. The molecule has 0 aliphatic carbocycles. The van der Waals surface area contributed by atoms with Crippen molar-refractivity contribution in [1.82, 2.24) is 9.88 Å². The van der Waals surface area contributed by atoms with Gasteiger partial charge in [0.1, 0.15) is 5.69 Å². The van der Waals surface area contributed by atoms with Gasteiger partial charge in [0.2, 0.25) is 0 Å². The third-order valence-electron chi connectivity index (χ3n) is 3.71. The number of pyridine rings is 1. The number of aromatic carboxylic acids is 1. The van der Waals surface area contributed by atoms with Crippen LogP contribution in [0.3, 0.4) is 0 Å². The zero-order valence-corrected chi connectivity index (χ0v) is 11.5. The number of hydrogen-bond acceptors (Lipinski definition) is 3. The maximum absolute atomic E-state index is 12.1. The predicted octanol–water partition coefficient (Wildman–Crippen LogP) is 2.43. The Labute approximate surface area is 117 Å². The molecule has 1 saturated heterocycles. The lowest BCUT2D eigenvalue weighted by Crippen LogP contribution is -2.40. The average molecular weight is 277 g/mol. The highest BCUT2D eigenvalue weighted by Gasteiger charge is 2.21. The first kappa shape index (κ1) is 14.3. The van der Waals surface area contributed by atoms with Gasteiger partial charge in [-0.05, 0) is 30.9 Å². The molecule has 1 fully saturated rings. The zero-order valence-electron chi connectivity index (χ0n) is 11.5. The highest BCUT2D eigenvalue weighted by Crippen LogP contribution is 2.20. The van der Waals surface area contributed by atoms with Gasteiger partial charge in [0, 0.05) is 13.1 Å². The van der Waals surface area contributed by atoms with Crippen LogP contribution in [0.25, 0.3) is 0 Å². The summed E-state index contributed by atoms with van der Waals surface area (Å²) in [7, 11) is 0. The number of aromatic nitrogens is 1. The summed E-state index contributed by atoms with van der Waals surface area (Å²) in [6.07, 6.45) is 4.61. The molecule has 2 rings (SSSR count). The number of carboxylic acid groups (broad SMARTS) is 1. The summed E-state index contributed by atoms with van der Waals surface area (Å²) in [5, 5.41) is 11.5. The van der Waals surface area contributed by atoms with Crippen LogP contribution in [0.2, 0.25) is 0 Å². The minimum absolute atomic E-state index is 0.0354. The second kappa shape index (κ2) is 6.36. The number of carbonyl (C=O) groups is 2. The monoisotopic (exact) mass is 277 g/mol. The summed E-state index contributed by atoms with van der Waals surface area (Å²) >= 11 is 0. The molecule has 2 heterocycles. The fraction of sp³-hybridized carbons (Fsp3) is 0.500. The van der Waals surface area contributed by atoms with Gasteiger partial charge in [-0.3, -0.25) is 0 Å². The van der Waals surface area contributed by atoms with Gasteiger partial charge in [0.25, 0.3) is 0 Å². The van der Waals surface area contributed by atoms with Crippen LogP contribution >= 0.6 is 0 Å². The molecule has 1 aliphatic heterocycles. The van der Waals surface area contributed by atoms with Gasteiger partial charge < -0.3 is 15.3 Å². The lowest BCUT2D eigenvalue weighted by atomic mass is 9.95. The van der Waals surface area contributed by atoms with E-state index in [1.807, 2.05) is 0 Å². The van der Waals surface area contributed by atoms with E-state index in [-0.39, 0.29) is 11.7 Å². The highest BCUT2D eigenvalue weighted by molar-refractivity contribution is 5.90. The van der Waals surface area contributed by atoms with Crippen molar-refractivity contribution in [3.8, 4) is 0 Å². The number of anilines is 1. The maximum atomic E-state index is 12.1. The average Bonchev–Trinajstić information content (AvgIpc) is 2.48. The van der Waals surface area contributed by atoms with E-state index >= 15 is 0 Å². The van der Waals surface area contributed by atoms with Gasteiger partial charge in [-0.15, -0.1) is 0 Å². The van der Waals surface area contributed by atoms with Crippen molar-refractivity contribution in [2.45, 2.75) is 26.2 Å². The van der Waals surface area contributed by atoms with Crippen LogP contribution in [0.15, 0.2) is 18.3 Å². The molecule has 2 amide bonds. The van der Waals surface area contributed by atoms with Gasteiger partial charge in [-0.25, -0.2) is 14.6 Å². The number of amides is 2. The molecular formula is C14H19N3O3. The number of carbonyl (C=O) groups excluding carboxylic acids is 1. The third kappa shape index (κ3) is 3.46. The number of rotatable bonds is 3. The summed E-state index contributed by atoms with van der Waals surface area (Å²) in [6.45, 7) is 3.71. The van der Waals surface area contributed by atoms with Gasteiger partial charge in [0.15, 0.2) is 0 Å².